The minimum Gasteiger partial charge on any atom is -0.381 e. The summed E-state index contributed by atoms with van der Waals surface area (Å²) in [6.45, 7) is 8.90. The molecule has 2 saturated heterocycles. The summed E-state index contributed by atoms with van der Waals surface area (Å²) in [5, 5.41) is 3.10. The molecular weight excluding hydrogens is 318 g/mol. The van der Waals surface area contributed by atoms with Crippen molar-refractivity contribution in [1.29, 1.82) is 0 Å². The minimum absolute atomic E-state index is 0.143. The van der Waals surface area contributed by atoms with Gasteiger partial charge in [-0.1, -0.05) is 13.8 Å². The van der Waals surface area contributed by atoms with E-state index in [9.17, 15) is 9.59 Å². The summed E-state index contributed by atoms with van der Waals surface area (Å²) in [6, 6.07) is 3.36. The number of aromatic amines is 1. The van der Waals surface area contributed by atoms with E-state index in [0.29, 0.717) is 11.5 Å². The van der Waals surface area contributed by atoms with Crippen LogP contribution in [-0.2, 0) is 4.74 Å². The Morgan fingerprint density at radius 2 is 2.08 bits per heavy atom. The molecule has 2 fully saturated rings. The van der Waals surface area contributed by atoms with E-state index in [1.165, 1.54) is 6.07 Å². The van der Waals surface area contributed by atoms with Crippen molar-refractivity contribution >= 4 is 5.91 Å². The number of carbonyl (C=O) groups is 1. The number of carbonyl (C=O) groups excluding carboxylic acids is 1. The highest BCUT2D eigenvalue weighted by atomic mass is 16.5. The number of amides is 1. The Hall–Kier alpha value is -1.66. The lowest BCUT2D eigenvalue weighted by Crippen LogP contribution is -2.46. The molecule has 1 amide bonds. The fraction of sp³-hybridized carbons (Fsp3) is 0.684. The molecular formula is C19H29N3O3. The topological polar surface area (TPSA) is 74.4 Å². The highest BCUT2D eigenvalue weighted by molar-refractivity contribution is 5.94. The Kier molecular flexibility index (Phi) is 5.91. The van der Waals surface area contributed by atoms with Crippen molar-refractivity contribution < 1.29 is 9.53 Å². The summed E-state index contributed by atoms with van der Waals surface area (Å²) in [4.78, 5) is 29.5. The predicted molar refractivity (Wildman–Crippen MR) is 97.0 cm³/mol. The third kappa shape index (κ3) is 4.92. The monoisotopic (exact) mass is 347 g/mol. The molecule has 0 bridgehead atoms. The van der Waals surface area contributed by atoms with Crippen LogP contribution in [0.15, 0.2) is 16.9 Å². The van der Waals surface area contributed by atoms with Crippen LogP contribution in [0.5, 0.6) is 0 Å². The van der Waals surface area contributed by atoms with E-state index >= 15 is 0 Å². The molecule has 0 saturated carbocycles. The van der Waals surface area contributed by atoms with Crippen molar-refractivity contribution in [2.45, 2.75) is 45.1 Å². The van der Waals surface area contributed by atoms with E-state index in [2.05, 4.69) is 15.2 Å². The number of ether oxygens (including phenoxy) is 1. The first kappa shape index (κ1) is 18.1. The maximum atomic E-state index is 12.5. The van der Waals surface area contributed by atoms with Crippen LogP contribution in [0.1, 0.15) is 55.1 Å². The molecule has 2 aliphatic heterocycles. The van der Waals surface area contributed by atoms with Crippen LogP contribution in [0.3, 0.4) is 0 Å². The SMILES string of the molecule is CC(C)c1cc(C(=O)NC2CCN(C[C@H]3CCOC3)CC2)cc(=O)[nH]1. The van der Waals surface area contributed by atoms with Gasteiger partial charge in [0.1, 0.15) is 0 Å². The van der Waals surface area contributed by atoms with E-state index in [1.54, 1.807) is 6.07 Å². The summed E-state index contributed by atoms with van der Waals surface area (Å²) in [6.07, 6.45) is 3.08. The zero-order valence-electron chi connectivity index (χ0n) is 15.2. The summed E-state index contributed by atoms with van der Waals surface area (Å²) in [5.41, 5.74) is 1.04. The number of piperidine rings is 1. The Morgan fingerprint density at radius 3 is 2.72 bits per heavy atom. The number of H-pyrrole nitrogens is 1. The van der Waals surface area contributed by atoms with Gasteiger partial charge in [0.15, 0.2) is 0 Å². The standard InChI is InChI=1S/C19H29N3O3/c1-13(2)17-9-15(10-18(23)21-17)19(24)20-16-3-6-22(7-4-16)11-14-5-8-25-12-14/h9-10,13-14,16H,3-8,11-12H2,1-2H3,(H,20,24)(H,21,23)/t14-/m1/s1. The van der Waals surface area contributed by atoms with Crippen molar-refractivity contribution in [1.82, 2.24) is 15.2 Å². The van der Waals surface area contributed by atoms with Crippen molar-refractivity contribution in [3.05, 3.63) is 33.7 Å². The van der Waals surface area contributed by atoms with Gasteiger partial charge in [0, 0.05) is 49.6 Å². The average molecular weight is 347 g/mol. The highest BCUT2D eigenvalue weighted by Crippen LogP contribution is 2.18. The number of hydrogen-bond donors (Lipinski definition) is 2. The van der Waals surface area contributed by atoms with E-state index < -0.39 is 0 Å². The number of nitrogens with zero attached hydrogens (tertiary/aromatic N) is 1. The maximum Gasteiger partial charge on any atom is 0.251 e. The van der Waals surface area contributed by atoms with Gasteiger partial charge in [0.2, 0.25) is 5.56 Å². The fourth-order valence-electron chi connectivity index (χ4n) is 3.63. The van der Waals surface area contributed by atoms with Crippen LogP contribution in [0.4, 0.5) is 0 Å². The molecule has 138 valence electrons. The zero-order chi connectivity index (χ0) is 17.8. The Balaban J connectivity index is 1.51. The zero-order valence-corrected chi connectivity index (χ0v) is 15.2. The average Bonchev–Trinajstić information content (AvgIpc) is 3.09. The minimum atomic E-state index is -0.218. The molecule has 0 spiro atoms. The summed E-state index contributed by atoms with van der Waals surface area (Å²) in [5.74, 6) is 0.704. The molecule has 3 rings (SSSR count). The van der Waals surface area contributed by atoms with Crippen LogP contribution in [0, 0.1) is 5.92 Å². The smallest absolute Gasteiger partial charge is 0.251 e. The summed E-state index contributed by atoms with van der Waals surface area (Å²) < 4.78 is 5.45. The van der Waals surface area contributed by atoms with Gasteiger partial charge < -0.3 is 19.9 Å². The Labute approximate surface area is 148 Å². The molecule has 2 aliphatic rings. The first-order valence-corrected chi connectivity index (χ1v) is 9.36. The third-order valence-corrected chi connectivity index (χ3v) is 5.21. The first-order valence-electron chi connectivity index (χ1n) is 9.36. The van der Waals surface area contributed by atoms with E-state index in [1.807, 2.05) is 13.8 Å². The molecule has 0 aliphatic carbocycles. The number of nitrogens with one attached hydrogen (secondary N) is 2. The molecule has 6 heteroatoms. The van der Waals surface area contributed by atoms with Gasteiger partial charge in [-0.3, -0.25) is 9.59 Å². The van der Waals surface area contributed by atoms with Crippen LogP contribution in [-0.4, -0.2) is 54.7 Å². The molecule has 25 heavy (non-hydrogen) atoms. The second-order valence-corrected chi connectivity index (χ2v) is 7.62. The molecule has 1 aromatic heterocycles. The van der Waals surface area contributed by atoms with Gasteiger partial charge in [-0.05, 0) is 37.2 Å². The number of pyridine rings is 1. The molecule has 0 radical (unpaired) electrons. The summed E-state index contributed by atoms with van der Waals surface area (Å²) >= 11 is 0. The van der Waals surface area contributed by atoms with E-state index in [-0.39, 0.29) is 23.4 Å². The second kappa shape index (κ2) is 8.15. The normalized spacial score (nSPS) is 22.4. The highest BCUT2D eigenvalue weighted by Gasteiger charge is 2.25. The molecule has 0 unspecified atom stereocenters. The van der Waals surface area contributed by atoms with Gasteiger partial charge in [-0.2, -0.15) is 0 Å². The number of likely N-dealkylation sites (tertiary alicyclic amines) is 1. The lowest BCUT2D eigenvalue weighted by Gasteiger charge is -2.33. The number of rotatable bonds is 5. The van der Waals surface area contributed by atoms with Crippen molar-refractivity contribution in [3.8, 4) is 0 Å². The number of aromatic nitrogens is 1. The maximum absolute atomic E-state index is 12.5. The molecule has 1 aromatic rings. The van der Waals surface area contributed by atoms with Gasteiger partial charge in [-0.15, -0.1) is 0 Å². The molecule has 3 heterocycles. The lowest BCUT2D eigenvalue weighted by atomic mass is 10.0. The summed E-state index contributed by atoms with van der Waals surface area (Å²) in [7, 11) is 0. The first-order chi connectivity index (χ1) is 12.0. The molecule has 2 N–H and O–H groups in total. The lowest BCUT2D eigenvalue weighted by molar-refractivity contribution is 0.0903. The van der Waals surface area contributed by atoms with Crippen LogP contribution >= 0.6 is 0 Å². The van der Waals surface area contributed by atoms with Gasteiger partial charge >= 0.3 is 0 Å². The van der Waals surface area contributed by atoms with Crippen molar-refractivity contribution in [3.63, 3.8) is 0 Å². The van der Waals surface area contributed by atoms with Crippen molar-refractivity contribution in [2.24, 2.45) is 5.92 Å². The third-order valence-electron chi connectivity index (χ3n) is 5.21. The van der Waals surface area contributed by atoms with Gasteiger partial charge in [0.25, 0.3) is 5.91 Å². The molecule has 0 aromatic carbocycles. The molecule has 6 nitrogen and oxygen atoms in total. The van der Waals surface area contributed by atoms with Crippen molar-refractivity contribution in [2.75, 3.05) is 32.8 Å². The van der Waals surface area contributed by atoms with Gasteiger partial charge in [-0.25, -0.2) is 0 Å². The Morgan fingerprint density at radius 1 is 1.32 bits per heavy atom. The predicted octanol–water partition coefficient (Wildman–Crippen LogP) is 1.73. The second-order valence-electron chi connectivity index (χ2n) is 7.62. The van der Waals surface area contributed by atoms with Crippen LogP contribution in [0.25, 0.3) is 0 Å². The largest absolute Gasteiger partial charge is 0.381 e. The Bertz CT molecular complexity index is 642. The van der Waals surface area contributed by atoms with E-state index in [4.69, 9.17) is 4.74 Å². The fourth-order valence-corrected chi connectivity index (χ4v) is 3.63. The number of hydrogen-bond acceptors (Lipinski definition) is 4. The quantitative estimate of drug-likeness (QED) is 0.851. The van der Waals surface area contributed by atoms with Crippen LogP contribution < -0.4 is 10.9 Å². The van der Waals surface area contributed by atoms with Crippen LogP contribution in [0.2, 0.25) is 0 Å². The van der Waals surface area contributed by atoms with E-state index in [0.717, 1.165) is 57.8 Å². The van der Waals surface area contributed by atoms with Gasteiger partial charge in [0.05, 0.1) is 6.61 Å². The molecule has 1 atom stereocenters.